The van der Waals surface area contributed by atoms with Gasteiger partial charge in [0.1, 0.15) is 0 Å². The lowest BCUT2D eigenvalue weighted by Crippen LogP contribution is -2.36. The summed E-state index contributed by atoms with van der Waals surface area (Å²) in [5.41, 5.74) is 2.85. The maximum atomic E-state index is 12.3. The second kappa shape index (κ2) is 8.38. The Bertz CT molecular complexity index is 1150. The molecular weight excluding hydrogens is 430 g/mol. The Morgan fingerprint density at radius 3 is 2.76 bits per heavy atom. The summed E-state index contributed by atoms with van der Waals surface area (Å²) < 4.78 is 25.2. The van der Waals surface area contributed by atoms with Gasteiger partial charge in [-0.2, -0.15) is 0 Å². The van der Waals surface area contributed by atoms with E-state index in [1.54, 1.807) is 0 Å². The predicted octanol–water partition coefficient (Wildman–Crippen LogP) is 3.13. The van der Waals surface area contributed by atoms with Gasteiger partial charge in [0.15, 0.2) is 15.0 Å². The lowest BCUT2D eigenvalue weighted by molar-refractivity contribution is -0.119. The fraction of sp³-hybridized carbons (Fsp3) is 0.300. The van der Waals surface area contributed by atoms with E-state index in [1.807, 2.05) is 48.5 Å². The van der Waals surface area contributed by atoms with Crippen molar-refractivity contribution in [2.45, 2.75) is 24.2 Å². The number of sulfone groups is 1. The molecule has 0 radical (unpaired) electrons. The van der Waals surface area contributed by atoms with Crippen LogP contribution in [0.5, 0.6) is 0 Å². The number of rotatable bonds is 6. The molecule has 0 spiro atoms. The maximum Gasteiger partial charge on any atom is 0.230 e. The zero-order valence-corrected chi connectivity index (χ0v) is 17.9. The Morgan fingerprint density at radius 1 is 1.24 bits per heavy atom. The Morgan fingerprint density at radius 2 is 2.03 bits per heavy atom. The monoisotopic (exact) mass is 449 g/mol. The molecule has 3 aromatic rings. The van der Waals surface area contributed by atoms with Crippen molar-refractivity contribution < 1.29 is 13.2 Å². The van der Waals surface area contributed by atoms with E-state index >= 15 is 0 Å². The van der Waals surface area contributed by atoms with E-state index in [1.165, 1.54) is 11.8 Å². The van der Waals surface area contributed by atoms with E-state index in [0.29, 0.717) is 18.0 Å². The summed E-state index contributed by atoms with van der Waals surface area (Å²) in [4.78, 5) is 17.0. The summed E-state index contributed by atoms with van der Waals surface area (Å²) in [6, 6.07) is 15.3. The van der Waals surface area contributed by atoms with Crippen LogP contribution >= 0.6 is 23.4 Å². The third-order valence-electron chi connectivity index (χ3n) is 4.79. The van der Waals surface area contributed by atoms with E-state index in [4.69, 9.17) is 11.6 Å². The predicted molar refractivity (Wildman–Crippen MR) is 116 cm³/mol. The third kappa shape index (κ3) is 4.94. The molecule has 29 heavy (non-hydrogen) atoms. The molecule has 0 saturated carbocycles. The number of benzene rings is 2. The van der Waals surface area contributed by atoms with Crippen LogP contribution in [0.4, 0.5) is 0 Å². The molecule has 1 aromatic heterocycles. The van der Waals surface area contributed by atoms with Crippen molar-refractivity contribution in [2.24, 2.45) is 0 Å². The Kier molecular flexibility index (Phi) is 5.85. The summed E-state index contributed by atoms with van der Waals surface area (Å²) in [7, 11) is -3.02. The normalized spacial score (nSPS) is 18.2. The summed E-state index contributed by atoms with van der Waals surface area (Å²) in [6.07, 6.45) is 0.476. The highest BCUT2D eigenvalue weighted by Gasteiger charge is 2.29. The van der Waals surface area contributed by atoms with Crippen LogP contribution in [0.3, 0.4) is 0 Å². The zero-order chi connectivity index (χ0) is 20.4. The molecule has 2 aromatic carbocycles. The van der Waals surface area contributed by atoms with E-state index in [9.17, 15) is 13.2 Å². The summed E-state index contributed by atoms with van der Waals surface area (Å²) in [5, 5.41) is 4.15. The molecule has 0 bridgehead atoms. The molecule has 1 aliphatic heterocycles. The van der Waals surface area contributed by atoms with Crippen molar-refractivity contribution >= 4 is 50.1 Å². The molecule has 1 amide bonds. The van der Waals surface area contributed by atoms with E-state index in [0.717, 1.165) is 21.8 Å². The lowest BCUT2D eigenvalue weighted by atomic mass is 10.2. The van der Waals surface area contributed by atoms with Crippen molar-refractivity contribution in [2.75, 3.05) is 17.3 Å². The molecule has 1 atom stereocenters. The van der Waals surface area contributed by atoms with Gasteiger partial charge in [-0.3, -0.25) is 4.79 Å². The second-order valence-electron chi connectivity index (χ2n) is 7.06. The average Bonchev–Trinajstić information content (AvgIpc) is 3.19. The Hall–Kier alpha value is -2.03. The minimum atomic E-state index is -3.02. The number of nitrogens with one attached hydrogen (secondary N) is 1. The van der Waals surface area contributed by atoms with Crippen LogP contribution in [0.15, 0.2) is 53.7 Å². The minimum Gasteiger partial charge on any atom is -0.352 e. The van der Waals surface area contributed by atoms with Gasteiger partial charge in [0.05, 0.1) is 34.8 Å². The first-order chi connectivity index (χ1) is 13.9. The van der Waals surface area contributed by atoms with Crippen LogP contribution in [0.2, 0.25) is 5.02 Å². The SMILES string of the molecule is O=C(CSc1nc2cc(Cl)ccc2n1Cc1ccccc1)N[C@@H]1CCS(=O)(=O)C1. The molecule has 0 aliphatic carbocycles. The second-order valence-corrected chi connectivity index (χ2v) is 10.7. The number of nitrogens with zero attached hydrogens (tertiary/aromatic N) is 2. The first-order valence-corrected chi connectivity index (χ1v) is 12.4. The molecule has 6 nitrogen and oxygen atoms in total. The number of carbonyl (C=O) groups excluding carboxylic acids is 1. The lowest BCUT2D eigenvalue weighted by Gasteiger charge is -2.11. The van der Waals surface area contributed by atoms with Crippen molar-refractivity contribution in [3.05, 3.63) is 59.1 Å². The molecule has 152 valence electrons. The van der Waals surface area contributed by atoms with Gasteiger partial charge < -0.3 is 9.88 Å². The summed E-state index contributed by atoms with van der Waals surface area (Å²) >= 11 is 7.45. The molecule has 1 aliphatic rings. The molecule has 1 N–H and O–H groups in total. The average molecular weight is 450 g/mol. The zero-order valence-electron chi connectivity index (χ0n) is 15.5. The highest BCUT2D eigenvalue weighted by Crippen LogP contribution is 2.27. The molecule has 9 heteroatoms. The summed E-state index contributed by atoms with van der Waals surface area (Å²) in [5.74, 6) is 0.142. The van der Waals surface area contributed by atoms with E-state index < -0.39 is 9.84 Å². The van der Waals surface area contributed by atoms with Gasteiger partial charge in [0.2, 0.25) is 5.91 Å². The standard InChI is InChI=1S/C20H20ClN3O3S2/c21-15-6-7-18-17(10-15)23-20(24(18)11-14-4-2-1-3-5-14)28-12-19(25)22-16-8-9-29(26,27)13-16/h1-7,10,16H,8-9,11-13H2,(H,22,25)/t16-/m1/s1. The maximum absolute atomic E-state index is 12.3. The van der Waals surface area contributed by atoms with Crippen LogP contribution in [0, 0.1) is 0 Å². The number of thioether (sulfide) groups is 1. The molecule has 1 fully saturated rings. The van der Waals surface area contributed by atoms with Crippen LogP contribution in [-0.4, -0.2) is 47.2 Å². The smallest absolute Gasteiger partial charge is 0.230 e. The van der Waals surface area contributed by atoms with Gasteiger partial charge >= 0.3 is 0 Å². The Labute approximate surface area is 178 Å². The van der Waals surface area contributed by atoms with Crippen LogP contribution < -0.4 is 5.32 Å². The molecule has 2 heterocycles. The Balaban J connectivity index is 1.51. The number of amides is 1. The van der Waals surface area contributed by atoms with Gasteiger partial charge in [-0.05, 0) is 30.2 Å². The number of imidazole rings is 1. The molecule has 4 rings (SSSR count). The highest BCUT2D eigenvalue weighted by atomic mass is 35.5. The van der Waals surface area contributed by atoms with Gasteiger partial charge in [-0.25, -0.2) is 13.4 Å². The largest absolute Gasteiger partial charge is 0.352 e. The van der Waals surface area contributed by atoms with E-state index in [2.05, 4.69) is 14.9 Å². The number of halogens is 1. The third-order valence-corrected chi connectivity index (χ3v) is 7.77. The molecule has 1 saturated heterocycles. The van der Waals surface area contributed by atoms with Crippen LogP contribution in [-0.2, 0) is 21.2 Å². The van der Waals surface area contributed by atoms with Crippen molar-refractivity contribution in [1.29, 1.82) is 0 Å². The van der Waals surface area contributed by atoms with Gasteiger partial charge in [-0.15, -0.1) is 0 Å². The first-order valence-electron chi connectivity index (χ1n) is 9.22. The molecular formula is C20H20ClN3O3S2. The summed E-state index contributed by atoms with van der Waals surface area (Å²) in [6.45, 7) is 0.629. The van der Waals surface area contributed by atoms with Crippen LogP contribution in [0.25, 0.3) is 11.0 Å². The number of carbonyl (C=O) groups is 1. The number of aromatic nitrogens is 2. The number of hydrogen-bond donors (Lipinski definition) is 1. The topological polar surface area (TPSA) is 81.1 Å². The first kappa shape index (κ1) is 20.3. The number of fused-ring (bicyclic) bond motifs is 1. The van der Waals surface area contributed by atoms with Crippen molar-refractivity contribution in [3.63, 3.8) is 0 Å². The van der Waals surface area contributed by atoms with E-state index in [-0.39, 0.29) is 29.2 Å². The fourth-order valence-electron chi connectivity index (χ4n) is 3.42. The van der Waals surface area contributed by atoms with Gasteiger partial charge in [0, 0.05) is 11.1 Å². The van der Waals surface area contributed by atoms with Crippen molar-refractivity contribution in [1.82, 2.24) is 14.9 Å². The quantitative estimate of drug-likeness (QED) is 0.585. The van der Waals surface area contributed by atoms with Crippen LogP contribution in [0.1, 0.15) is 12.0 Å². The minimum absolute atomic E-state index is 0.0222. The molecule has 0 unspecified atom stereocenters. The fourth-order valence-corrected chi connectivity index (χ4v) is 6.08. The highest BCUT2D eigenvalue weighted by molar-refractivity contribution is 7.99. The van der Waals surface area contributed by atoms with Crippen molar-refractivity contribution in [3.8, 4) is 0 Å². The van der Waals surface area contributed by atoms with Gasteiger partial charge in [-0.1, -0.05) is 53.7 Å². The number of hydrogen-bond acceptors (Lipinski definition) is 5. The van der Waals surface area contributed by atoms with Gasteiger partial charge in [0.25, 0.3) is 0 Å².